The van der Waals surface area contributed by atoms with Gasteiger partial charge in [-0.15, -0.1) is 0 Å². The van der Waals surface area contributed by atoms with Crippen LogP contribution in [0.15, 0.2) is 11.5 Å². The zero-order valence-electron chi connectivity index (χ0n) is 4.24. The summed E-state index contributed by atoms with van der Waals surface area (Å²) in [5.74, 6) is 0. The maximum absolute atomic E-state index is 9.94. The minimum Gasteiger partial charge on any atom is -0.473 e. The largest absolute Gasteiger partial charge is 0.473 e. The molecular formula is C3H3N3O2S. The SMILES string of the molecule is O=C(O)Sc1ncn[nH]1. The quantitative estimate of drug-likeness (QED) is 0.565. The van der Waals surface area contributed by atoms with Gasteiger partial charge in [-0.25, -0.2) is 9.78 Å². The third kappa shape index (κ3) is 1.73. The van der Waals surface area contributed by atoms with E-state index in [-0.39, 0.29) is 0 Å². The first kappa shape index (κ1) is 6.09. The fraction of sp³-hybridized carbons (Fsp3) is 0. The van der Waals surface area contributed by atoms with Crippen molar-refractivity contribution >= 4 is 17.1 Å². The Morgan fingerprint density at radius 1 is 1.89 bits per heavy atom. The monoisotopic (exact) mass is 145 g/mol. The zero-order valence-corrected chi connectivity index (χ0v) is 5.05. The Kier molecular flexibility index (Phi) is 1.69. The molecule has 0 aliphatic carbocycles. The minimum absolute atomic E-state index is 0.294. The Morgan fingerprint density at radius 3 is 3.11 bits per heavy atom. The van der Waals surface area contributed by atoms with Crippen LogP contribution in [-0.2, 0) is 0 Å². The lowest BCUT2D eigenvalue weighted by molar-refractivity contribution is 0.222. The van der Waals surface area contributed by atoms with E-state index in [0.717, 1.165) is 0 Å². The van der Waals surface area contributed by atoms with Crippen LogP contribution in [0.3, 0.4) is 0 Å². The molecule has 0 bridgehead atoms. The van der Waals surface area contributed by atoms with Gasteiger partial charge in [0, 0.05) is 11.8 Å². The van der Waals surface area contributed by atoms with Gasteiger partial charge < -0.3 is 5.11 Å². The van der Waals surface area contributed by atoms with E-state index in [2.05, 4.69) is 15.2 Å². The summed E-state index contributed by atoms with van der Waals surface area (Å²) in [5, 5.41) is 13.3. The summed E-state index contributed by atoms with van der Waals surface area (Å²) in [6, 6.07) is 0. The minimum atomic E-state index is -0.994. The molecule has 1 rings (SSSR count). The smallest absolute Gasteiger partial charge is 0.372 e. The summed E-state index contributed by atoms with van der Waals surface area (Å²) in [6.45, 7) is 0. The number of hydrogen-bond donors (Lipinski definition) is 2. The summed E-state index contributed by atoms with van der Waals surface area (Å²) in [7, 11) is 0. The van der Waals surface area contributed by atoms with E-state index in [4.69, 9.17) is 5.11 Å². The molecule has 0 amide bonds. The van der Waals surface area contributed by atoms with E-state index in [1.807, 2.05) is 0 Å². The number of thioether (sulfide) groups is 1. The van der Waals surface area contributed by atoms with Crippen LogP contribution in [0, 0.1) is 0 Å². The number of carbonyl (C=O) groups is 1. The van der Waals surface area contributed by atoms with Gasteiger partial charge in [0.1, 0.15) is 6.33 Å². The molecule has 6 heteroatoms. The van der Waals surface area contributed by atoms with Crippen molar-refractivity contribution in [2.24, 2.45) is 0 Å². The van der Waals surface area contributed by atoms with Crippen LogP contribution in [0.4, 0.5) is 4.79 Å². The molecule has 5 nitrogen and oxygen atoms in total. The molecule has 0 radical (unpaired) electrons. The van der Waals surface area contributed by atoms with Gasteiger partial charge in [0.15, 0.2) is 5.16 Å². The van der Waals surface area contributed by atoms with Gasteiger partial charge in [0.25, 0.3) is 0 Å². The van der Waals surface area contributed by atoms with Crippen LogP contribution < -0.4 is 0 Å². The number of hydrogen-bond acceptors (Lipinski definition) is 4. The Hall–Kier alpha value is -1.04. The van der Waals surface area contributed by atoms with Gasteiger partial charge in [0.05, 0.1) is 0 Å². The second-order valence-corrected chi connectivity index (χ2v) is 2.10. The molecule has 0 unspecified atom stereocenters. The first-order valence-corrected chi connectivity index (χ1v) is 2.87. The highest BCUT2D eigenvalue weighted by molar-refractivity contribution is 8.13. The Morgan fingerprint density at radius 2 is 2.67 bits per heavy atom. The van der Waals surface area contributed by atoms with Gasteiger partial charge in [-0.2, -0.15) is 5.10 Å². The van der Waals surface area contributed by atoms with Crippen molar-refractivity contribution in [3.8, 4) is 0 Å². The molecule has 1 aromatic rings. The summed E-state index contributed by atoms with van der Waals surface area (Å²) in [6.07, 6.45) is 1.26. The first-order valence-electron chi connectivity index (χ1n) is 2.05. The number of H-pyrrole nitrogens is 1. The normalized spacial score (nSPS) is 9.33. The fourth-order valence-corrected chi connectivity index (χ4v) is 0.690. The Bertz CT molecular complexity index is 197. The highest BCUT2D eigenvalue weighted by Gasteiger charge is 2.01. The number of nitrogens with zero attached hydrogens (tertiary/aromatic N) is 2. The van der Waals surface area contributed by atoms with Crippen molar-refractivity contribution in [2.75, 3.05) is 0 Å². The number of aromatic amines is 1. The van der Waals surface area contributed by atoms with Crippen molar-refractivity contribution < 1.29 is 9.90 Å². The summed E-state index contributed by atoms with van der Waals surface area (Å²) < 4.78 is 0. The van der Waals surface area contributed by atoms with E-state index in [1.54, 1.807) is 0 Å². The van der Waals surface area contributed by atoms with Crippen molar-refractivity contribution in [2.45, 2.75) is 5.16 Å². The van der Waals surface area contributed by atoms with Crippen molar-refractivity contribution in [3.63, 3.8) is 0 Å². The van der Waals surface area contributed by atoms with Crippen molar-refractivity contribution in [1.82, 2.24) is 15.2 Å². The standard InChI is InChI=1S/C3H3N3O2S/c7-3(8)9-2-4-1-5-6-2/h1H,(H,7,8)(H,4,5,6). The van der Waals surface area contributed by atoms with Gasteiger partial charge in [0.2, 0.25) is 0 Å². The van der Waals surface area contributed by atoms with E-state index in [0.29, 0.717) is 16.9 Å². The maximum Gasteiger partial charge on any atom is 0.372 e. The van der Waals surface area contributed by atoms with Crippen LogP contribution >= 0.6 is 11.8 Å². The maximum atomic E-state index is 9.94. The van der Waals surface area contributed by atoms with E-state index >= 15 is 0 Å². The van der Waals surface area contributed by atoms with Gasteiger partial charge >= 0.3 is 5.30 Å². The molecule has 0 aliphatic rings. The fourth-order valence-electron chi connectivity index (χ4n) is 0.326. The summed E-state index contributed by atoms with van der Waals surface area (Å²) in [5.41, 5.74) is 0. The predicted molar refractivity (Wildman–Crippen MR) is 30.3 cm³/mol. The molecule has 0 atom stereocenters. The molecule has 9 heavy (non-hydrogen) atoms. The Balaban J connectivity index is 2.58. The van der Waals surface area contributed by atoms with Gasteiger partial charge in [-0.1, -0.05) is 0 Å². The van der Waals surface area contributed by atoms with Crippen LogP contribution in [-0.4, -0.2) is 25.6 Å². The topological polar surface area (TPSA) is 78.9 Å². The van der Waals surface area contributed by atoms with Crippen LogP contribution in [0.25, 0.3) is 0 Å². The molecule has 1 heterocycles. The summed E-state index contributed by atoms with van der Waals surface area (Å²) in [4.78, 5) is 13.5. The van der Waals surface area contributed by atoms with Crippen LogP contribution in [0.5, 0.6) is 0 Å². The average Bonchev–Trinajstić information content (AvgIpc) is 2.15. The predicted octanol–water partition coefficient (Wildman–Crippen LogP) is 0.575. The number of carboxylic acid groups (broad SMARTS) is 1. The number of nitrogens with one attached hydrogen (secondary N) is 1. The highest BCUT2D eigenvalue weighted by atomic mass is 32.2. The van der Waals surface area contributed by atoms with E-state index < -0.39 is 5.30 Å². The highest BCUT2D eigenvalue weighted by Crippen LogP contribution is 2.09. The third-order valence-electron chi connectivity index (χ3n) is 0.577. The van der Waals surface area contributed by atoms with Crippen molar-refractivity contribution in [3.05, 3.63) is 6.33 Å². The molecule has 1 aromatic heterocycles. The molecule has 0 aromatic carbocycles. The molecule has 0 aliphatic heterocycles. The zero-order chi connectivity index (χ0) is 6.69. The molecule has 0 fully saturated rings. The third-order valence-corrected chi connectivity index (χ3v) is 1.14. The second kappa shape index (κ2) is 2.49. The van der Waals surface area contributed by atoms with Gasteiger partial charge in [-0.05, 0) is 0 Å². The first-order chi connectivity index (χ1) is 4.29. The summed E-state index contributed by atoms with van der Waals surface area (Å²) >= 11 is 0.593. The molecule has 0 saturated carbocycles. The van der Waals surface area contributed by atoms with Crippen LogP contribution in [0.1, 0.15) is 0 Å². The molecule has 0 spiro atoms. The van der Waals surface area contributed by atoms with Gasteiger partial charge in [-0.3, -0.25) is 5.10 Å². The molecule has 2 N–H and O–H groups in total. The Labute approximate surface area is 54.5 Å². The lowest BCUT2D eigenvalue weighted by Gasteiger charge is -1.82. The lowest BCUT2D eigenvalue weighted by atomic mass is 11.3. The van der Waals surface area contributed by atoms with Crippen LogP contribution in [0.2, 0.25) is 0 Å². The number of rotatable bonds is 1. The molecule has 0 saturated heterocycles. The number of aromatic nitrogens is 3. The van der Waals surface area contributed by atoms with E-state index in [9.17, 15) is 4.79 Å². The lowest BCUT2D eigenvalue weighted by Crippen LogP contribution is -1.84. The second-order valence-electron chi connectivity index (χ2n) is 1.16. The van der Waals surface area contributed by atoms with E-state index in [1.165, 1.54) is 6.33 Å². The average molecular weight is 145 g/mol. The molecular weight excluding hydrogens is 142 g/mol. The van der Waals surface area contributed by atoms with Crippen molar-refractivity contribution in [1.29, 1.82) is 0 Å². The molecule has 48 valence electrons.